The summed E-state index contributed by atoms with van der Waals surface area (Å²) in [5.41, 5.74) is 14.8. The van der Waals surface area contributed by atoms with Gasteiger partial charge in [0.15, 0.2) is 0 Å². The van der Waals surface area contributed by atoms with Crippen LogP contribution in [0.5, 0.6) is 0 Å². The molecule has 1 heterocycles. The lowest BCUT2D eigenvalue weighted by Crippen LogP contribution is -2.62. The Morgan fingerprint density at radius 3 is 2.22 bits per heavy atom. The van der Waals surface area contributed by atoms with Crippen molar-refractivity contribution in [1.29, 1.82) is 0 Å². The first-order chi connectivity index (χ1) is 12.7. The molecular weight excluding hydrogens is 412 g/mol. The topological polar surface area (TPSA) is 142 Å². The van der Waals surface area contributed by atoms with Crippen LogP contribution in [-0.2, 0) is 19.8 Å². The number of hydrogen-bond donors (Lipinski definition) is 3. The molecule has 4 atom stereocenters. The van der Waals surface area contributed by atoms with Crippen LogP contribution in [0, 0.1) is 22.7 Å². The van der Waals surface area contributed by atoms with Crippen LogP contribution in [-0.4, -0.2) is 22.7 Å². The largest absolute Gasteiger partial charge is 0.370 e. The SMILES string of the molecule is NC(=O)CC[C@@]1(C(N)=O)[C@@H]2C=C[C@@H](C23CC3)[C@]1(C(N)=O)c1ccc(Br)cn1. The van der Waals surface area contributed by atoms with Gasteiger partial charge in [0.05, 0.1) is 11.1 Å². The van der Waals surface area contributed by atoms with E-state index in [2.05, 4.69) is 20.9 Å². The Morgan fingerprint density at radius 2 is 1.74 bits per heavy atom. The van der Waals surface area contributed by atoms with E-state index in [0.717, 1.165) is 17.3 Å². The molecule has 1 spiro atoms. The molecule has 1 aromatic rings. The van der Waals surface area contributed by atoms with Gasteiger partial charge >= 0.3 is 0 Å². The monoisotopic (exact) mass is 432 g/mol. The number of aromatic nitrogens is 1. The van der Waals surface area contributed by atoms with Crippen LogP contribution in [0.15, 0.2) is 35.0 Å². The average molecular weight is 433 g/mol. The second-order valence-electron chi connectivity index (χ2n) is 7.91. The standard InChI is InChI=1S/C19H21BrN4O3/c20-10-1-4-13(24-9-10)19(16(23)27)12-3-2-11(17(12)7-8-17)18(19,15(22)26)6-5-14(21)25/h1-4,9,11-12H,5-8H2,(H2,21,25)(H2,22,26)(H2,23,27)/t11-,12+,18+,19-/m1/s1. The zero-order valence-electron chi connectivity index (χ0n) is 14.7. The molecule has 4 rings (SSSR count). The smallest absolute Gasteiger partial charge is 0.231 e. The number of amides is 3. The van der Waals surface area contributed by atoms with E-state index in [9.17, 15) is 14.4 Å². The quantitative estimate of drug-likeness (QED) is 0.573. The van der Waals surface area contributed by atoms with Gasteiger partial charge in [0.2, 0.25) is 17.7 Å². The lowest BCUT2D eigenvalue weighted by atomic mass is 9.53. The van der Waals surface area contributed by atoms with Crippen LogP contribution >= 0.6 is 15.9 Å². The van der Waals surface area contributed by atoms with Gasteiger partial charge in [-0.2, -0.15) is 0 Å². The third-order valence-corrected chi connectivity index (χ3v) is 7.46. The highest BCUT2D eigenvalue weighted by atomic mass is 79.9. The highest BCUT2D eigenvalue weighted by Crippen LogP contribution is 2.80. The van der Waals surface area contributed by atoms with Crippen molar-refractivity contribution in [3.63, 3.8) is 0 Å². The van der Waals surface area contributed by atoms with Gasteiger partial charge < -0.3 is 17.2 Å². The van der Waals surface area contributed by atoms with Gasteiger partial charge in [-0.1, -0.05) is 12.2 Å². The first kappa shape index (κ1) is 18.2. The number of carbonyl (C=O) groups is 3. The molecule has 0 radical (unpaired) electrons. The molecule has 0 aliphatic heterocycles. The molecule has 0 aromatic carbocycles. The third-order valence-electron chi connectivity index (χ3n) is 6.99. The molecule has 3 amide bonds. The van der Waals surface area contributed by atoms with E-state index >= 15 is 0 Å². The first-order valence-corrected chi connectivity index (χ1v) is 9.71. The van der Waals surface area contributed by atoms with Crippen LogP contribution in [0.4, 0.5) is 0 Å². The maximum Gasteiger partial charge on any atom is 0.231 e. The van der Waals surface area contributed by atoms with Crippen molar-refractivity contribution in [2.45, 2.75) is 31.1 Å². The Hall–Kier alpha value is -2.22. The van der Waals surface area contributed by atoms with Crippen molar-refractivity contribution in [2.24, 2.45) is 39.9 Å². The third kappa shape index (κ3) is 2.02. The molecule has 7 nitrogen and oxygen atoms in total. The number of nitrogens with two attached hydrogens (primary N) is 3. The number of carbonyl (C=O) groups excluding carboxylic acids is 3. The van der Waals surface area contributed by atoms with Crippen molar-refractivity contribution in [3.8, 4) is 0 Å². The fraction of sp³-hybridized carbons (Fsp3) is 0.474. The molecule has 27 heavy (non-hydrogen) atoms. The molecule has 2 saturated carbocycles. The van der Waals surface area contributed by atoms with Gasteiger partial charge in [-0.25, -0.2) is 0 Å². The summed E-state index contributed by atoms with van der Waals surface area (Å²) < 4.78 is 0.743. The number of nitrogens with zero attached hydrogens (tertiary/aromatic N) is 1. The lowest BCUT2D eigenvalue weighted by molar-refractivity contribution is -0.144. The average Bonchev–Trinajstić information content (AvgIpc) is 3.27. The molecular formula is C19H21BrN4O3. The summed E-state index contributed by atoms with van der Waals surface area (Å²) in [5, 5.41) is 0. The van der Waals surface area contributed by atoms with Crippen LogP contribution in [0.25, 0.3) is 0 Å². The Bertz CT molecular complexity index is 879. The maximum absolute atomic E-state index is 13.1. The summed E-state index contributed by atoms with van der Waals surface area (Å²) in [6.07, 6.45) is 7.32. The van der Waals surface area contributed by atoms with Crippen molar-refractivity contribution in [2.75, 3.05) is 0 Å². The van der Waals surface area contributed by atoms with Gasteiger partial charge in [-0.05, 0) is 58.7 Å². The minimum absolute atomic E-state index is 0.0539. The van der Waals surface area contributed by atoms with E-state index in [1.807, 2.05) is 12.2 Å². The van der Waals surface area contributed by atoms with Crippen LogP contribution in [0.1, 0.15) is 31.4 Å². The highest BCUT2D eigenvalue weighted by molar-refractivity contribution is 9.10. The van der Waals surface area contributed by atoms with E-state index < -0.39 is 28.6 Å². The number of pyridine rings is 1. The summed E-state index contributed by atoms with van der Waals surface area (Å²) in [6.45, 7) is 0. The molecule has 142 valence electrons. The number of primary amides is 3. The van der Waals surface area contributed by atoms with Crippen molar-refractivity contribution < 1.29 is 14.4 Å². The number of halogens is 1. The summed E-state index contributed by atoms with van der Waals surface area (Å²) >= 11 is 3.35. The van der Waals surface area contributed by atoms with Gasteiger partial charge in [0.1, 0.15) is 5.41 Å². The molecule has 2 bridgehead atoms. The second kappa shape index (κ2) is 5.64. The van der Waals surface area contributed by atoms with Crippen LogP contribution in [0.2, 0.25) is 0 Å². The van der Waals surface area contributed by atoms with Gasteiger partial charge in [0.25, 0.3) is 0 Å². The van der Waals surface area contributed by atoms with Crippen molar-refractivity contribution in [1.82, 2.24) is 4.98 Å². The van der Waals surface area contributed by atoms with E-state index in [-0.39, 0.29) is 30.1 Å². The Kier molecular flexibility index (Phi) is 3.79. The number of hydrogen-bond acceptors (Lipinski definition) is 4. The molecule has 1 aromatic heterocycles. The van der Waals surface area contributed by atoms with E-state index in [1.54, 1.807) is 18.3 Å². The minimum atomic E-state index is -1.40. The molecule has 3 aliphatic carbocycles. The summed E-state index contributed by atoms with van der Waals surface area (Å²) in [5.74, 6) is -2.35. The lowest BCUT2D eigenvalue weighted by Gasteiger charge is -2.47. The Labute approximate surface area is 164 Å². The van der Waals surface area contributed by atoms with Crippen molar-refractivity contribution in [3.05, 3.63) is 40.6 Å². The van der Waals surface area contributed by atoms with E-state index in [4.69, 9.17) is 17.2 Å². The minimum Gasteiger partial charge on any atom is -0.370 e. The zero-order chi connectivity index (χ0) is 19.6. The van der Waals surface area contributed by atoms with Crippen molar-refractivity contribution >= 4 is 33.7 Å². The zero-order valence-corrected chi connectivity index (χ0v) is 16.2. The molecule has 2 fully saturated rings. The van der Waals surface area contributed by atoms with Gasteiger partial charge in [-0.3, -0.25) is 19.4 Å². The van der Waals surface area contributed by atoms with Gasteiger partial charge in [-0.15, -0.1) is 0 Å². The molecule has 0 saturated heterocycles. The maximum atomic E-state index is 13.1. The normalized spacial score (nSPS) is 34.7. The fourth-order valence-electron chi connectivity index (χ4n) is 5.96. The van der Waals surface area contributed by atoms with Crippen LogP contribution in [0.3, 0.4) is 0 Å². The molecule has 8 heteroatoms. The van der Waals surface area contributed by atoms with Gasteiger partial charge in [0, 0.05) is 23.0 Å². The van der Waals surface area contributed by atoms with E-state index in [0.29, 0.717) is 5.69 Å². The Morgan fingerprint density at radius 1 is 1.07 bits per heavy atom. The Balaban J connectivity index is 2.02. The molecule has 6 N–H and O–H groups in total. The second-order valence-corrected chi connectivity index (χ2v) is 8.82. The predicted molar refractivity (Wildman–Crippen MR) is 101 cm³/mol. The number of rotatable bonds is 6. The summed E-state index contributed by atoms with van der Waals surface area (Å²) in [7, 11) is 0. The molecule has 0 unspecified atom stereocenters. The highest BCUT2D eigenvalue weighted by Gasteiger charge is 2.83. The summed E-state index contributed by atoms with van der Waals surface area (Å²) in [4.78, 5) is 42.1. The summed E-state index contributed by atoms with van der Waals surface area (Å²) in [6, 6.07) is 3.48. The number of allylic oxidation sites excluding steroid dienone is 2. The first-order valence-electron chi connectivity index (χ1n) is 8.92. The van der Waals surface area contributed by atoms with E-state index in [1.165, 1.54) is 0 Å². The fourth-order valence-corrected chi connectivity index (χ4v) is 6.19. The molecule has 3 aliphatic rings. The van der Waals surface area contributed by atoms with Crippen LogP contribution < -0.4 is 17.2 Å². The predicted octanol–water partition coefficient (Wildman–Crippen LogP) is 0.900.